The zero-order valence-electron chi connectivity index (χ0n) is 64.9. The number of aliphatic hydroxyl groups excluding tert-OH is 3. The number of aldehydes is 2. The van der Waals surface area contributed by atoms with Crippen LogP contribution in [0, 0.1) is 41.5 Å². The molecule has 0 saturated carbocycles. The van der Waals surface area contributed by atoms with Gasteiger partial charge in [0.1, 0.15) is 28.7 Å². The predicted molar refractivity (Wildman–Crippen MR) is 430 cm³/mol. The highest BCUT2D eigenvalue weighted by Crippen LogP contribution is 2.44. The summed E-state index contributed by atoms with van der Waals surface area (Å²) < 4.78 is 39.4. The van der Waals surface area contributed by atoms with E-state index in [1.807, 2.05) is 131 Å². The van der Waals surface area contributed by atoms with Crippen LogP contribution in [0.4, 0.5) is 21.0 Å². The lowest BCUT2D eigenvalue weighted by atomic mass is 10.0. The van der Waals surface area contributed by atoms with Gasteiger partial charge in [-0.3, -0.25) is 33.2 Å². The minimum atomic E-state index is -0.380. The molecule has 2 aliphatic rings. The van der Waals surface area contributed by atoms with Crippen LogP contribution >= 0.6 is 11.6 Å². The average Bonchev–Trinajstić information content (AvgIpc) is 1.59. The van der Waals surface area contributed by atoms with Gasteiger partial charge in [0.25, 0.3) is 0 Å². The number of fused-ring (bicyclic) bond motifs is 5. The Kier molecular flexibility index (Phi) is 28.7. The van der Waals surface area contributed by atoms with Crippen LogP contribution in [0.2, 0.25) is 0 Å². The number of halogens is 1. The number of nitrogens with zero attached hydrogens (tertiary/aromatic N) is 9. The first-order chi connectivity index (χ1) is 53.4. The zero-order valence-corrected chi connectivity index (χ0v) is 65.7. The summed E-state index contributed by atoms with van der Waals surface area (Å²) in [6.07, 6.45) is 3.61. The van der Waals surface area contributed by atoms with Crippen molar-refractivity contribution in [2.75, 3.05) is 111 Å². The van der Waals surface area contributed by atoms with E-state index in [1.165, 1.54) is 14.1 Å². The van der Waals surface area contributed by atoms with E-state index in [0.717, 1.165) is 125 Å². The molecule has 6 aromatic heterocycles. The fourth-order valence-corrected chi connectivity index (χ4v) is 13.7. The number of ether oxygens (including phenoxy) is 5. The number of hydrogen-bond acceptors (Lipinski definition) is 20. The number of carbonyl (C=O) groups excluding carboxylic acids is 6. The maximum atomic E-state index is 13.6. The van der Waals surface area contributed by atoms with E-state index in [2.05, 4.69) is 60.9 Å². The molecule has 11 aromatic rings. The van der Waals surface area contributed by atoms with E-state index in [4.69, 9.17) is 51.2 Å². The molecule has 0 spiro atoms. The lowest BCUT2D eigenvalue weighted by Crippen LogP contribution is -2.24. The Hall–Kier alpha value is -11.6. The zero-order chi connectivity index (χ0) is 80.5. The van der Waals surface area contributed by atoms with Gasteiger partial charge in [0.15, 0.2) is 24.9 Å². The number of ketones is 2. The SMILES string of the molecule is CNC(=O)Nc1ccc2c(c1)C(=O)/C(=C/c1c(-c3c(C)nn(C)c3C)n(CCNCCO)c3ccc(OC)cc13)O2.CNC(=O)Nc1ccc2c(c1)C(=O)CO2.COc1ccc2c(c1)c(C=O)c(-c1c(C)nn(C)c1C)n2CCCl.COc1ccc2c(c1)c(C=O)c(-c1c(C)nn(C)c1C)n2CCNCCO.NCCO. The Morgan fingerprint density at radius 2 is 0.928 bits per heavy atom. The highest BCUT2D eigenvalue weighted by Gasteiger charge is 2.32. The summed E-state index contributed by atoms with van der Waals surface area (Å²) >= 11 is 6.04. The van der Waals surface area contributed by atoms with Crippen LogP contribution in [0.3, 0.4) is 0 Å². The van der Waals surface area contributed by atoms with Crippen LogP contribution in [-0.2, 0) is 40.8 Å². The number of carbonyl (C=O) groups is 6. The first-order valence-electron chi connectivity index (χ1n) is 35.8. The van der Waals surface area contributed by atoms with Gasteiger partial charge in [-0.05, 0) is 139 Å². The Labute approximate surface area is 647 Å². The topological polar surface area (TPSA) is 376 Å². The van der Waals surface area contributed by atoms with Crippen LogP contribution in [0.5, 0.6) is 28.7 Å². The Bertz CT molecular complexity index is 5270. The summed E-state index contributed by atoms with van der Waals surface area (Å²) in [4.78, 5) is 71.8. The molecule has 111 heavy (non-hydrogen) atoms. The third-order valence-corrected chi connectivity index (χ3v) is 19.2. The molecule has 13 rings (SSSR count). The quantitative estimate of drug-likeness (QED) is 0.0116. The summed E-state index contributed by atoms with van der Waals surface area (Å²) in [5.41, 5.74) is 23.0. The van der Waals surface area contributed by atoms with Crippen LogP contribution < -0.4 is 61.3 Å². The number of Topliss-reactive ketones (excluding diaryl/α,β-unsaturated/α-hetero) is 2. The van der Waals surface area contributed by atoms with E-state index in [9.17, 15) is 33.9 Å². The van der Waals surface area contributed by atoms with E-state index in [-0.39, 0.29) is 55.8 Å². The fraction of sp³-hybridized carbons (Fsp3) is 0.338. The number of nitrogens with one attached hydrogen (secondary N) is 6. The maximum absolute atomic E-state index is 13.6. The van der Waals surface area contributed by atoms with Gasteiger partial charge >= 0.3 is 12.1 Å². The van der Waals surface area contributed by atoms with E-state index in [1.54, 1.807) is 63.8 Å². The summed E-state index contributed by atoms with van der Waals surface area (Å²) in [6.45, 7) is 16.8. The largest absolute Gasteiger partial charge is 0.497 e. The Morgan fingerprint density at radius 1 is 0.541 bits per heavy atom. The molecule has 31 heteroatoms. The summed E-state index contributed by atoms with van der Waals surface area (Å²) in [5.74, 6) is 3.41. The molecule has 0 aliphatic carbocycles. The van der Waals surface area contributed by atoms with Gasteiger partial charge < -0.3 is 90.3 Å². The minimum absolute atomic E-state index is 0.0506. The highest BCUT2D eigenvalue weighted by atomic mass is 35.5. The third-order valence-electron chi connectivity index (χ3n) is 19.0. The van der Waals surface area contributed by atoms with Crippen molar-refractivity contribution < 1.29 is 67.8 Å². The lowest BCUT2D eigenvalue weighted by molar-refractivity contribution is 0.0959. The van der Waals surface area contributed by atoms with Crippen molar-refractivity contribution in [2.24, 2.45) is 26.9 Å². The van der Waals surface area contributed by atoms with Gasteiger partial charge in [0.2, 0.25) is 11.6 Å². The van der Waals surface area contributed by atoms with Crippen molar-refractivity contribution in [1.29, 1.82) is 0 Å². The maximum Gasteiger partial charge on any atom is 0.318 e. The molecule has 0 radical (unpaired) electrons. The molecule has 30 nitrogen and oxygen atoms in total. The van der Waals surface area contributed by atoms with Crippen molar-refractivity contribution >= 4 is 98.0 Å². The van der Waals surface area contributed by atoms with Crippen molar-refractivity contribution in [2.45, 2.75) is 61.2 Å². The molecular formula is C80H97ClN16O14. The summed E-state index contributed by atoms with van der Waals surface area (Å²) in [7, 11) is 13.6. The third kappa shape index (κ3) is 18.1. The van der Waals surface area contributed by atoms with E-state index >= 15 is 0 Å². The molecule has 0 fully saturated rings. The first kappa shape index (κ1) is 83.4. The van der Waals surface area contributed by atoms with E-state index < -0.39 is 0 Å². The number of aromatic nitrogens is 9. The van der Waals surface area contributed by atoms with Gasteiger partial charge in [-0.25, -0.2) is 9.59 Å². The number of rotatable bonds is 24. The van der Waals surface area contributed by atoms with Gasteiger partial charge in [-0.1, -0.05) is 0 Å². The second-order valence-corrected chi connectivity index (χ2v) is 26.1. The molecule has 0 atom stereocenters. The molecule has 5 aromatic carbocycles. The first-order valence-corrected chi connectivity index (χ1v) is 36.4. The molecule has 0 unspecified atom stereocenters. The number of allylic oxidation sites excluding steroid dienone is 1. The number of aryl methyl sites for hydroxylation is 7. The van der Waals surface area contributed by atoms with Crippen molar-refractivity contribution in [3.05, 3.63) is 159 Å². The summed E-state index contributed by atoms with van der Waals surface area (Å²) in [5, 5.41) is 59.0. The second kappa shape index (κ2) is 38.1. The van der Waals surface area contributed by atoms with Crippen molar-refractivity contribution in [3.63, 3.8) is 0 Å². The number of urea groups is 2. The van der Waals surface area contributed by atoms with Gasteiger partial charge in [0.05, 0.1) is 86.4 Å². The van der Waals surface area contributed by atoms with Crippen LogP contribution in [0.1, 0.15) is 81.2 Å². The molecule has 588 valence electrons. The van der Waals surface area contributed by atoms with Crippen LogP contribution in [0.25, 0.3) is 72.6 Å². The second-order valence-electron chi connectivity index (χ2n) is 25.8. The van der Waals surface area contributed by atoms with Crippen LogP contribution in [0.15, 0.2) is 96.8 Å². The number of methoxy groups -OCH3 is 3. The van der Waals surface area contributed by atoms with Gasteiger partial charge in [0, 0.05) is 188 Å². The number of benzene rings is 5. The predicted octanol–water partition coefficient (Wildman–Crippen LogP) is 9.35. The molecule has 0 saturated heterocycles. The standard InChI is InChI=1S/C30H34N6O5.C20H26N4O3.C18H20ClN3O2.C10H10N2O3.C2H7NO/c1-17-27(18(2)35(4)34-17)28-22(21-15-20(40-5)7-8-24(21)36(28)12-10-32-11-13-37)16-26-29(38)23-14-19(33-30(39)31-3)6-9-25(23)41-26;1-13-19(14(2)23(3)22-13)20-17(12-26)16-11-15(27-4)5-6-18(16)24(20)9-7-21-8-10-25;1-11-17(12(2)21(3)20-11)18-15(10-23)14-9-13(24-4)5-6-16(14)22(18)8-7-19;1-11-10(14)12-6-2-3-9-7(4-6)8(13)5-15-9;3-1-2-4/h6-9,14-16,32,37H,10-13H2,1-5H3,(H2,31,33,39);5-6,11-12,21,25H,7-10H2,1-4H3;5-6,9-10H,7-8H2,1-4H3;2-4H,5H2,1H3,(H2,11,12,14);4H,1-3H2/b26-16-;;;;. The number of nitrogens with two attached hydrogens (primary N) is 1. The molecule has 0 bridgehead atoms. The molecule has 2 aliphatic heterocycles. The minimum Gasteiger partial charge on any atom is -0.497 e. The number of aliphatic hydroxyl groups is 3. The molecule has 4 amide bonds. The fourth-order valence-electron chi connectivity index (χ4n) is 13.5. The van der Waals surface area contributed by atoms with Gasteiger partial charge in [-0.15, -0.1) is 11.6 Å². The Balaban J connectivity index is 0.000000176. The summed E-state index contributed by atoms with van der Waals surface area (Å²) in [6, 6.07) is 26.7. The number of hydrogen-bond donors (Lipinski definition) is 10. The number of amides is 4. The average molecular weight is 1540 g/mol. The van der Waals surface area contributed by atoms with Crippen molar-refractivity contribution in [3.8, 4) is 62.5 Å². The highest BCUT2D eigenvalue weighted by molar-refractivity contribution is 6.18. The smallest absolute Gasteiger partial charge is 0.318 e. The lowest BCUT2D eigenvalue weighted by Gasteiger charge is -2.13. The molecular weight excluding hydrogens is 1440 g/mol. The number of anilines is 2. The van der Waals surface area contributed by atoms with E-state index in [0.29, 0.717) is 115 Å². The molecule has 8 heterocycles. The molecule has 11 N–H and O–H groups in total. The number of alkyl halides is 1. The van der Waals surface area contributed by atoms with Gasteiger partial charge in [-0.2, -0.15) is 15.3 Å². The monoisotopic (exact) mass is 1540 g/mol. The Morgan fingerprint density at radius 3 is 1.29 bits per heavy atom. The normalized spacial score (nSPS) is 12.2. The van der Waals surface area contributed by atoms with Crippen molar-refractivity contribution in [1.82, 2.24) is 64.3 Å². The van der Waals surface area contributed by atoms with Crippen LogP contribution in [-0.4, -0.2) is 195 Å².